The number of fused-ring (bicyclic) bond motifs is 1. The average Bonchev–Trinajstić information content (AvgIpc) is 2.95. The van der Waals surface area contributed by atoms with Gasteiger partial charge in [0.1, 0.15) is 5.82 Å². The van der Waals surface area contributed by atoms with Crippen LogP contribution in [-0.4, -0.2) is 21.1 Å². The predicted octanol–water partition coefficient (Wildman–Crippen LogP) is 3.45. The zero-order valence-electron chi connectivity index (χ0n) is 10.4. The van der Waals surface area contributed by atoms with Crippen LogP contribution in [0.4, 0.5) is 5.13 Å². The number of halogens is 1. The molecule has 19 heavy (non-hydrogen) atoms. The minimum Gasteiger partial charge on any atom is -0.361 e. The SMILES string of the molecule is Cn1ccnc1CCNc1nc2ccc(Br)cc2s1. The number of rotatable bonds is 4. The number of aryl methyl sites for hydroxylation is 1. The van der Waals surface area contributed by atoms with Crippen LogP contribution in [0.15, 0.2) is 35.1 Å². The summed E-state index contributed by atoms with van der Waals surface area (Å²) in [6, 6.07) is 6.14. The second-order valence-corrected chi connectivity index (χ2v) is 6.21. The van der Waals surface area contributed by atoms with Crippen LogP contribution in [0, 0.1) is 0 Å². The van der Waals surface area contributed by atoms with Gasteiger partial charge in [0.15, 0.2) is 5.13 Å². The summed E-state index contributed by atoms with van der Waals surface area (Å²) < 4.78 is 4.31. The van der Waals surface area contributed by atoms with E-state index >= 15 is 0 Å². The summed E-state index contributed by atoms with van der Waals surface area (Å²) >= 11 is 5.15. The molecule has 6 heteroatoms. The van der Waals surface area contributed by atoms with E-state index in [1.165, 1.54) is 4.70 Å². The number of thiazole rings is 1. The number of nitrogens with one attached hydrogen (secondary N) is 1. The molecule has 0 fully saturated rings. The van der Waals surface area contributed by atoms with Gasteiger partial charge in [0.25, 0.3) is 0 Å². The minimum absolute atomic E-state index is 0.839. The van der Waals surface area contributed by atoms with E-state index < -0.39 is 0 Å². The van der Waals surface area contributed by atoms with Gasteiger partial charge in [-0.15, -0.1) is 0 Å². The number of imidazole rings is 1. The van der Waals surface area contributed by atoms with E-state index in [0.29, 0.717) is 0 Å². The topological polar surface area (TPSA) is 42.7 Å². The highest BCUT2D eigenvalue weighted by Gasteiger charge is 2.04. The van der Waals surface area contributed by atoms with Crippen LogP contribution in [-0.2, 0) is 13.5 Å². The van der Waals surface area contributed by atoms with Crippen molar-refractivity contribution in [3.63, 3.8) is 0 Å². The van der Waals surface area contributed by atoms with Gasteiger partial charge >= 0.3 is 0 Å². The van der Waals surface area contributed by atoms with Crippen LogP contribution in [0.25, 0.3) is 10.2 Å². The van der Waals surface area contributed by atoms with Crippen LogP contribution in [0.5, 0.6) is 0 Å². The van der Waals surface area contributed by atoms with Gasteiger partial charge in [-0.2, -0.15) is 0 Å². The van der Waals surface area contributed by atoms with Crippen molar-refractivity contribution in [2.24, 2.45) is 7.05 Å². The number of anilines is 1. The zero-order chi connectivity index (χ0) is 13.2. The summed E-state index contributed by atoms with van der Waals surface area (Å²) in [6.45, 7) is 0.839. The predicted molar refractivity (Wildman–Crippen MR) is 82.7 cm³/mol. The molecule has 4 nitrogen and oxygen atoms in total. The standard InChI is InChI=1S/C13H13BrN4S/c1-18-7-6-15-12(18)4-5-16-13-17-10-3-2-9(14)8-11(10)19-13/h2-3,6-8H,4-5H2,1H3,(H,16,17). The molecule has 1 N–H and O–H groups in total. The molecule has 0 atom stereocenters. The molecular formula is C13H13BrN4S. The molecule has 0 spiro atoms. The van der Waals surface area contributed by atoms with E-state index in [1.54, 1.807) is 11.3 Å². The molecule has 0 radical (unpaired) electrons. The number of aromatic nitrogens is 3. The van der Waals surface area contributed by atoms with Gasteiger partial charge in [0, 0.05) is 36.9 Å². The molecule has 0 saturated heterocycles. The van der Waals surface area contributed by atoms with Crippen LogP contribution in [0.1, 0.15) is 5.82 Å². The zero-order valence-corrected chi connectivity index (χ0v) is 12.8. The Hall–Kier alpha value is -1.40. The monoisotopic (exact) mass is 336 g/mol. The van der Waals surface area contributed by atoms with Crippen molar-refractivity contribution >= 4 is 42.6 Å². The molecule has 1 aromatic carbocycles. The molecular weight excluding hydrogens is 324 g/mol. The van der Waals surface area contributed by atoms with Crippen molar-refractivity contribution in [3.8, 4) is 0 Å². The minimum atomic E-state index is 0.839. The normalized spacial score (nSPS) is 11.1. The molecule has 0 aliphatic heterocycles. The summed E-state index contributed by atoms with van der Waals surface area (Å²) in [5.41, 5.74) is 1.03. The Balaban J connectivity index is 1.67. The van der Waals surface area contributed by atoms with E-state index in [9.17, 15) is 0 Å². The Labute approximate surface area is 123 Å². The van der Waals surface area contributed by atoms with Crippen molar-refractivity contribution in [1.29, 1.82) is 0 Å². The molecule has 98 valence electrons. The van der Waals surface area contributed by atoms with E-state index in [0.717, 1.165) is 33.9 Å². The molecule has 0 unspecified atom stereocenters. The molecule has 2 heterocycles. The lowest BCUT2D eigenvalue weighted by Crippen LogP contribution is -2.08. The first-order valence-corrected chi connectivity index (χ1v) is 7.59. The van der Waals surface area contributed by atoms with Crippen LogP contribution < -0.4 is 5.32 Å². The van der Waals surface area contributed by atoms with Gasteiger partial charge in [0.05, 0.1) is 10.2 Å². The van der Waals surface area contributed by atoms with Crippen molar-refractivity contribution in [2.75, 3.05) is 11.9 Å². The first-order valence-electron chi connectivity index (χ1n) is 5.98. The maximum atomic E-state index is 4.55. The Kier molecular flexibility index (Phi) is 3.52. The van der Waals surface area contributed by atoms with Gasteiger partial charge < -0.3 is 9.88 Å². The maximum absolute atomic E-state index is 4.55. The third-order valence-corrected chi connectivity index (χ3v) is 4.37. The smallest absolute Gasteiger partial charge is 0.183 e. The van der Waals surface area contributed by atoms with Gasteiger partial charge in [-0.1, -0.05) is 27.3 Å². The van der Waals surface area contributed by atoms with E-state index in [1.807, 2.05) is 36.1 Å². The van der Waals surface area contributed by atoms with E-state index in [4.69, 9.17) is 0 Å². The average molecular weight is 337 g/mol. The molecule has 0 aliphatic carbocycles. The van der Waals surface area contributed by atoms with Crippen LogP contribution >= 0.6 is 27.3 Å². The second-order valence-electron chi connectivity index (χ2n) is 4.26. The molecule has 2 aromatic heterocycles. The molecule has 3 aromatic rings. The van der Waals surface area contributed by atoms with Gasteiger partial charge in [-0.3, -0.25) is 0 Å². The van der Waals surface area contributed by atoms with Gasteiger partial charge in [-0.05, 0) is 18.2 Å². The lowest BCUT2D eigenvalue weighted by molar-refractivity contribution is 0.789. The van der Waals surface area contributed by atoms with Gasteiger partial charge in [0.2, 0.25) is 0 Å². The lowest BCUT2D eigenvalue weighted by Gasteiger charge is -2.02. The number of benzene rings is 1. The Morgan fingerprint density at radius 3 is 3.11 bits per heavy atom. The molecule has 0 saturated carbocycles. The number of hydrogen-bond acceptors (Lipinski definition) is 4. The Bertz CT molecular complexity index is 704. The second kappa shape index (κ2) is 5.30. The summed E-state index contributed by atoms with van der Waals surface area (Å²) in [4.78, 5) is 8.86. The molecule has 0 bridgehead atoms. The fourth-order valence-corrected chi connectivity index (χ4v) is 3.34. The largest absolute Gasteiger partial charge is 0.361 e. The molecule has 0 aliphatic rings. The van der Waals surface area contributed by atoms with E-state index in [2.05, 4.69) is 37.3 Å². The van der Waals surface area contributed by atoms with E-state index in [-0.39, 0.29) is 0 Å². The third kappa shape index (κ3) is 2.79. The highest BCUT2D eigenvalue weighted by atomic mass is 79.9. The van der Waals surface area contributed by atoms with Crippen LogP contribution in [0.2, 0.25) is 0 Å². The number of hydrogen-bond donors (Lipinski definition) is 1. The summed E-state index contributed by atoms with van der Waals surface area (Å²) in [5.74, 6) is 1.08. The van der Waals surface area contributed by atoms with Crippen LogP contribution in [0.3, 0.4) is 0 Å². The number of nitrogens with zero attached hydrogens (tertiary/aromatic N) is 3. The molecule has 3 rings (SSSR count). The highest BCUT2D eigenvalue weighted by molar-refractivity contribution is 9.10. The van der Waals surface area contributed by atoms with Crippen molar-refractivity contribution in [1.82, 2.24) is 14.5 Å². The fourth-order valence-electron chi connectivity index (χ4n) is 1.89. The van der Waals surface area contributed by atoms with Crippen molar-refractivity contribution in [2.45, 2.75) is 6.42 Å². The first kappa shape index (κ1) is 12.6. The summed E-state index contributed by atoms with van der Waals surface area (Å²) in [5, 5.41) is 4.32. The van der Waals surface area contributed by atoms with Gasteiger partial charge in [-0.25, -0.2) is 9.97 Å². The fraction of sp³-hybridized carbons (Fsp3) is 0.231. The third-order valence-electron chi connectivity index (χ3n) is 2.90. The lowest BCUT2D eigenvalue weighted by atomic mass is 10.3. The first-order chi connectivity index (χ1) is 9.22. The van der Waals surface area contributed by atoms with Crippen molar-refractivity contribution in [3.05, 3.63) is 40.9 Å². The van der Waals surface area contributed by atoms with Crippen molar-refractivity contribution < 1.29 is 0 Å². The highest BCUT2D eigenvalue weighted by Crippen LogP contribution is 2.28. The summed E-state index contributed by atoms with van der Waals surface area (Å²) in [6.07, 6.45) is 4.68. The summed E-state index contributed by atoms with van der Waals surface area (Å²) in [7, 11) is 2.01. The Morgan fingerprint density at radius 2 is 2.32 bits per heavy atom. The maximum Gasteiger partial charge on any atom is 0.183 e. The quantitative estimate of drug-likeness (QED) is 0.793. The molecule has 0 amide bonds. The Morgan fingerprint density at radius 1 is 1.42 bits per heavy atom.